The van der Waals surface area contributed by atoms with E-state index in [4.69, 9.17) is 9.47 Å². The van der Waals surface area contributed by atoms with E-state index < -0.39 is 17.4 Å². The normalized spacial score (nSPS) is 29.2. The van der Waals surface area contributed by atoms with Crippen LogP contribution < -0.4 is 15.0 Å². The lowest BCUT2D eigenvalue weighted by Crippen LogP contribution is -2.60. The Bertz CT molecular complexity index is 2320. The number of aromatic amines is 1. The van der Waals surface area contributed by atoms with Crippen LogP contribution in [-0.2, 0) is 19.1 Å². The van der Waals surface area contributed by atoms with Crippen molar-refractivity contribution in [3.63, 3.8) is 0 Å². The molecule has 2 unspecified atom stereocenters. The van der Waals surface area contributed by atoms with E-state index in [0.29, 0.717) is 36.7 Å². The number of hydrogen-bond acceptors (Lipinski definition) is 11. The molecule has 0 spiro atoms. The summed E-state index contributed by atoms with van der Waals surface area (Å²) < 4.78 is 29.5. The van der Waals surface area contributed by atoms with Gasteiger partial charge in [0.05, 0.1) is 34.5 Å². The third-order valence-electron chi connectivity index (χ3n) is 15.1. The lowest BCUT2D eigenvalue weighted by atomic mass is 9.77. The summed E-state index contributed by atoms with van der Waals surface area (Å²) in [6.07, 6.45) is 13.4. The standard InChI is InChI=1S/C47H60FN9O5/c1-45(2)27-55(37-13-16-47(4)34(41(37)48)26-57(44(47)60)38-11-12-40(58)51-43(38)59)21-22-56(45)25-29-5-7-30(8-6-29)61-31-14-19-54(20-15-31)39-24-36(49-28-50-39)42-33-23-32(62-46(3)17-18-46)9-10-35(33)52-53-42/h9-10,13,23-24,28-31,38H,5-8,11-12,14-22,25-27H2,1-4H3,(H,52,53)(H,51,58,59). The summed E-state index contributed by atoms with van der Waals surface area (Å²) in [5, 5.41) is 11.1. The van der Waals surface area contributed by atoms with E-state index in [9.17, 15) is 14.4 Å². The number of likely N-dealkylation sites (tertiary alicyclic amines) is 1. The van der Waals surface area contributed by atoms with Gasteiger partial charge in [0.1, 0.15) is 41.1 Å². The van der Waals surface area contributed by atoms with Gasteiger partial charge >= 0.3 is 0 Å². The molecule has 2 atom stereocenters. The number of rotatable bonds is 10. The summed E-state index contributed by atoms with van der Waals surface area (Å²) in [4.78, 5) is 55.8. The van der Waals surface area contributed by atoms with E-state index in [1.165, 1.54) is 4.90 Å². The molecule has 3 amide bonds. The van der Waals surface area contributed by atoms with Crippen molar-refractivity contribution in [1.82, 2.24) is 40.2 Å². The fraction of sp³-hybridized carbons (Fsp3) is 0.617. The molecule has 7 aliphatic rings. The molecule has 6 fully saturated rings. The number of amides is 3. The number of piperazine rings is 1. The molecule has 10 rings (SSSR count). The van der Waals surface area contributed by atoms with Gasteiger partial charge < -0.3 is 24.2 Å². The van der Waals surface area contributed by atoms with Crippen molar-refractivity contribution >= 4 is 34.4 Å². The zero-order valence-corrected chi connectivity index (χ0v) is 36.6. The average Bonchev–Trinajstić information content (AvgIpc) is 3.72. The topological polar surface area (TPSA) is 149 Å². The van der Waals surface area contributed by atoms with Crippen LogP contribution in [0.25, 0.3) is 22.3 Å². The minimum absolute atomic E-state index is 0.0529. The maximum Gasteiger partial charge on any atom is 0.249 e. The Morgan fingerprint density at radius 3 is 2.40 bits per heavy atom. The van der Waals surface area contributed by atoms with Gasteiger partial charge in [0.2, 0.25) is 17.7 Å². The van der Waals surface area contributed by atoms with Gasteiger partial charge in [0.15, 0.2) is 0 Å². The number of nitrogens with one attached hydrogen (secondary N) is 2. The van der Waals surface area contributed by atoms with Crippen LogP contribution in [0.4, 0.5) is 10.2 Å². The number of imide groups is 1. The maximum atomic E-state index is 16.5. The first-order valence-corrected chi connectivity index (χ1v) is 22.9. The fourth-order valence-corrected chi connectivity index (χ4v) is 10.9. The fourth-order valence-electron chi connectivity index (χ4n) is 10.9. The molecule has 62 heavy (non-hydrogen) atoms. The lowest BCUT2D eigenvalue weighted by Gasteiger charge is -2.50. The molecule has 330 valence electrons. The highest BCUT2D eigenvalue weighted by atomic mass is 19.1. The second-order valence-corrected chi connectivity index (χ2v) is 20.1. The number of halogens is 1. The second-order valence-electron chi connectivity index (χ2n) is 20.1. The third-order valence-corrected chi connectivity index (χ3v) is 15.1. The number of anilines is 1. The number of carbonyl (C=O) groups is 3. The summed E-state index contributed by atoms with van der Waals surface area (Å²) in [5.74, 6) is 0.993. The molecule has 14 nitrogen and oxygen atoms in total. The monoisotopic (exact) mass is 849 g/mol. The van der Waals surface area contributed by atoms with E-state index in [0.717, 1.165) is 111 Å². The number of piperidine rings is 2. The Morgan fingerprint density at radius 1 is 0.887 bits per heavy atom. The molecule has 1 aromatic carbocycles. The number of allylic oxidation sites excluding steroid dienone is 2. The van der Waals surface area contributed by atoms with Crippen molar-refractivity contribution in [2.75, 3.05) is 50.7 Å². The summed E-state index contributed by atoms with van der Waals surface area (Å²) >= 11 is 0. The van der Waals surface area contributed by atoms with Crippen molar-refractivity contribution in [3.05, 3.63) is 53.8 Å². The number of carbonyl (C=O) groups excluding carboxylic acids is 3. The molecular formula is C47H60FN9O5. The first kappa shape index (κ1) is 41.1. The van der Waals surface area contributed by atoms with Crippen LogP contribution in [-0.4, -0.2) is 128 Å². The van der Waals surface area contributed by atoms with Crippen LogP contribution in [0, 0.1) is 11.3 Å². The summed E-state index contributed by atoms with van der Waals surface area (Å²) in [7, 11) is 0. The van der Waals surface area contributed by atoms with Crippen molar-refractivity contribution in [3.8, 4) is 17.1 Å². The van der Waals surface area contributed by atoms with Crippen LogP contribution in [0.1, 0.15) is 98.3 Å². The third kappa shape index (κ3) is 7.77. The highest BCUT2D eigenvalue weighted by Gasteiger charge is 2.54. The molecule has 3 aromatic rings. The van der Waals surface area contributed by atoms with Gasteiger partial charge in [-0.05, 0) is 116 Å². The van der Waals surface area contributed by atoms with Gasteiger partial charge in [-0.15, -0.1) is 0 Å². The van der Waals surface area contributed by atoms with Crippen molar-refractivity contribution in [2.45, 2.75) is 128 Å². The Balaban J connectivity index is 0.689. The van der Waals surface area contributed by atoms with E-state index >= 15 is 4.39 Å². The van der Waals surface area contributed by atoms with Crippen LogP contribution in [0.3, 0.4) is 0 Å². The number of ether oxygens (including phenoxy) is 2. The molecule has 2 N–H and O–H groups in total. The second kappa shape index (κ2) is 15.7. The number of hydrogen-bond donors (Lipinski definition) is 2. The molecule has 6 heterocycles. The number of fused-ring (bicyclic) bond motifs is 2. The smallest absolute Gasteiger partial charge is 0.249 e. The van der Waals surface area contributed by atoms with E-state index in [1.807, 2.05) is 24.3 Å². The zero-order valence-electron chi connectivity index (χ0n) is 36.6. The van der Waals surface area contributed by atoms with Crippen LogP contribution in [0.15, 0.2) is 53.8 Å². The predicted molar refractivity (Wildman–Crippen MR) is 232 cm³/mol. The van der Waals surface area contributed by atoms with E-state index in [1.54, 1.807) is 13.3 Å². The lowest BCUT2D eigenvalue weighted by molar-refractivity contribution is -0.146. The minimum atomic E-state index is -1.01. The Kier molecular flexibility index (Phi) is 10.4. The molecule has 2 saturated carbocycles. The Morgan fingerprint density at radius 2 is 1.66 bits per heavy atom. The predicted octanol–water partition coefficient (Wildman–Crippen LogP) is 6.06. The molecule has 2 aromatic heterocycles. The maximum absolute atomic E-state index is 16.5. The van der Waals surface area contributed by atoms with Crippen LogP contribution in [0.2, 0.25) is 0 Å². The summed E-state index contributed by atoms with van der Waals surface area (Å²) in [6, 6.07) is 7.38. The first-order valence-electron chi connectivity index (χ1n) is 22.9. The van der Waals surface area contributed by atoms with Crippen molar-refractivity contribution < 1.29 is 28.2 Å². The van der Waals surface area contributed by atoms with E-state index in [-0.39, 0.29) is 60.4 Å². The van der Waals surface area contributed by atoms with Gasteiger partial charge in [-0.2, -0.15) is 5.10 Å². The molecule has 4 saturated heterocycles. The SMILES string of the molecule is CC1(Oc2ccc3[nH]nc(-c4cc(N5CCC(OC6CCC(CN7CCN(C8=CCC9(C)C(=O)N(C%10CCC(=O)NC%10=O)CC9=C8F)CC7(C)C)CC6)CC5)ncn4)c3c2)CC1. The van der Waals surface area contributed by atoms with Crippen LogP contribution >= 0.6 is 0 Å². The first-order chi connectivity index (χ1) is 29.7. The highest BCUT2D eigenvalue weighted by molar-refractivity contribution is 6.03. The molecule has 15 heteroatoms. The van der Waals surface area contributed by atoms with E-state index in [2.05, 4.69) is 67.0 Å². The van der Waals surface area contributed by atoms with Gasteiger partial charge in [-0.3, -0.25) is 29.7 Å². The average molecular weight is 850 g/mol. The van der Waals surface area contributed by atoms with Gasteiger partial charge in [0.25, 0.3) is 0 Å². The van der Waals surface area contributed by atoms with Gasteiger partial charge in [-0.1, -0.05) is 6.08 Å². The highest BCUT2D eigenvalue weighted by Crippen LogP contribution is 2.49. The van der Waals surface area contributed by atoms with Crippen molar-refractivity contribution in [1.29, 1.82) is 0 Å². The van der Waals surface area contributed by atoms with Crippen LogP contribution in [0.5, 0.6) is 5.75 Å². The number of nitrogens with zero attached hydrogens (tertiary/aromatic N) is 7. The van der Waals surface area contributed by atoms with Crippen molar-refractivity contribution in [2.24, 2.45) is 11.3 Å². The van der Waals surface area contributed by atoms with Gasteiger partial charge in [0, 0.05) is 74.8 Å². The van der Waals surface area contributed by atoms with Gasteiger partial charge in [-0.25, -0.2) is 14.4 Å². The summed E-state index contributed by atoms with van der Waals surface area (Å²) in [6.45, 7) is 13.5. The number of benzene rings is 1. The quantitative estimate of drug-likeness (QED) is 0.230. The molecule has 0 radical (unpaired) electrons. The number of H-pyrrole nitrogens is 1. The Hall–Kier alpha value is -4.89. The Labute approximate surface area is 362 Å². The number of aromatic nitrogens is 4. The minimum Gasteiger partial charge on any atom is -0.488 e. The zero-order chi connectivity index (χ0) is 43.0. The molecular weight excluding hydrogens is 790 g/mol. The molecule has 3 aliphatic carbocycles. The largest absolute Gasteiger partial charge is 0.488 e. The molecule has 4 aliphatic heterocycles. The molecule has 0 bridgehead atoms. The summed E-state index contributed by atoms with van der Waals surface area (Å²) in [5.41, 5.74) is 2.34.